The van der Waals surface area contributed by atoms with Crippen molar-refractivity contribution >= 4 is 34.0 Å². The molecule has 118 valence electrons. The van der Waals surface area contributed by atoms with Gasteiger partial charge in [0.05, 0.1) is 0 Å². The van der Waals surface area contributed by atoms with Crippen LogP contribution in [0.25, 0.3) is 10.8 Å². The van der Waals surface area contributed by atoms with Gasteiger partial charge in [-0.05, 0) is 24.4 Å². The fourth-order valence-electron chi connectivity index (χ4n) is 2.56. The molecule has 0 saturated heterocycles. The maximum atomic E-state index is 4.49. The summed E-state index contributed by atoms with van der Waals surface area (Å²) < 4.78 is 0. The highest BCUT2D eigenvalue weighted by molar-refractivity contribution is 5.94. The van der Waals surface area contributed by atoms with Gasteiger partial charge in [-0.15, -0.1) is 0 Å². The van der Waals surface area contributed by atoms with Gasteiger partial charge in [0.25, 0.3) is 0 Å². The summed E-state index contributed by atoms with van der Waals surface area (Å²) in [5, 5.41) is 15.8. The molecule has 0 aliphatic rings. The molecular weight excluding hydrogens is 300 g/mol. The molecule has 6 nitrogen and oxygen atoms in total. The number of hydrogen-bond acceptors (Lipinski definition) is 5. The maximum Gasteiger partial charge on any atom is 0.229 e. The number of fused-ring (bicyclic) bond motifs is 1. The third-order valence-corrected chi connectivity index (χ3v) is 3.65. The Morgan fingerprint density at radius 3 is 2.67 bits per heavy atom. The highest BCUT2D eigenvalue weighted by atomic mass is 15.2. The van der Waals surface area contributed by atoms with Crippen molar-refractivity contribution in [3.8, 4) is 0 Å². The Bertz CT molecular complexity index is 986. The monoisotopic (exact) mass is 316 g/mol. The van der Waals surface area contributed by atoms with E-state index >= 15 is 0 Å². The average Bonchev–Trinajstić information content (AvgIpc) is 3.00. The molecule has 0 unspecified atom stereocenters. The third kappa shape index (κ3) is 2.89. The van der Waals surface area contributed by atoms with Gasteiger partial charge in [-0.2, -0.15) is 10.1 Å². The molecule has 0 fully saturated rings. The number of aryl methyl sites for hydroxylation is 1. The Balaban J connectivity index is 1.61. The number of nitrogens with one attached hydrogen (secondary N) is 3. The minimum absolute atomic E-state index is 0.531. The number of hydrogen-bond donors (Lipinski definition) is 3. The summed E-state index contributed by atoms with van der Waals surface area (Å²) in [5.41, 5.74) is 1.96. The van der Waals surface area contributed by atoms with E-state index in [4.69, 9.17) is 0 Å². The summed E-state index contributed by atoms with van der Waals surface area (Å²) in [6.07, 6.45) is 1.71. The molecule has 3 N–H and O–H groups in total. The lowest BCUT2D eigenvalue weighted by Gasteiger charge is -2.09. The van der Waals surface area contributed by atoms with Gasteiger partial charge >= 0.3 is 0 Å². The summed E-state index contributed by atoms with van der Waals surface area (Å²) in [5.74, 6) is 1.94. The summed E-state index contributed by atoms with van der Waals surface area (Å²) in [4.78, 5) is 8.79. The normalized spacial score (nSPS) is 10.7. The van der Waals surface area contributed by atoms with E-state index in [1.807, 2.05) is 37.3 Å². The van der Waals surface area contributed by atoms with Crippen molar-refractivity contribution in [3.05, 3.63) is 66.5 Å². The van der Waals surface area contributed by atoms with E-state index in [-0.39, 0.29) is 0 Å². The van der Waals surface area contributed by atoms with Crippen LogP contribution in [0.15, 0.2) is 60.8 Å². The van der Waals surface area contributed by atoms with Crippen molar-refractivity contribution in [2.75, 3.05) is 10.6 Å². The molecule has 0 aliphatic carbocycles. The van der Waals surface area contributed by atoms with Gasteiger partial charge in [0, 0.05) is 29.0 Å². The molecule has 4 aromatic rings. The second kappa shape index (κ2) is 6.00. The molecule has 24 heavy (non-hydrogen) atoms. The first-order valence-corrected chi connectivity index (χ1v) is 7.65. The first-order chi connectivity index (χ1) is 11.8. The summed E-state index contributed by atoms with van der Waals surface area (Å²) >= 11 is 0. The molecule has 2 heterocycles. The van der Waals surface area contributed by atoms with Crippen LogP contribution < -0.4 is 10.6 Å². The first-order valence-electron chi connectivity index (χ1n) is 7.65. The minimum atomic E-state index is 0.531. The molecule has 0 amide bonds. The quantitative estimate of drug-likeness (QED) is 0.527. The van der Waals surface area contributed by atoms with E-state index in [1.165, 1.54) is 5.39 Å². The average molecular weight is 316 g/mol. The van der Waals surface area contributed by atoms with Crippen LogP contribution in [0.5, 0.6) is 0 Å². The lowest BCUT2D eigenvalue weighted by atomic mass is 10.1. The van der Waals surface area contributed by atoms with Crippen LogP contribution in [0, 0.1) is 6.92 Å². The molecule has 0 bridgehead atoms. The van der Waals surface area contributed by atoms with E-state index in [0.717, 1.165) is 22.6 Å². The summed E-state index contributed by atoms with van der Waals surface area (Å²) in [7, 11) is 0. The number of rotatable bonds is 4. The highest BCUT2D eigenvalue weighted by Crippen LogP contribution is 2.25. The Morgan fingerprint density at radius 2 is 1.79 bits per heavy atom. The molecule has 0 spiro atoms. The molecule has 0 radical (unpaired) electrons. The number of aromatic amines is 1. The van der Waals surface area contributed by atoms with Gasteiger partial charge < -0.3 is 10.6 Å². The van der Waals surface area contributed by atoms with Crippen molar-refractivity contribution in [3.63, 3.8) is 0 Å². The largest absolute Gasteiger partial charge is 0.324 e. The van der Waals surface area contributed by atoms with Crippen LogP contribution >= 0.6 is 0 Å². The fourth-order valence-corrected chi connectivity index (χ4v) is 2.56. The number of aromatic nitrogens is 4. The van der Waals surface area contributed by atoms with E-state index in [1.54, 1.807) is 12.3 Å². The van der Waals surface area contributed by atoms with Gasteiger partial charge in [0.2, 0.25) is 5.95 Å². The molecule has 0 aliphatic heterocycles. The number of anilines is 4. The standard InChI is InChI=1S/C18H16N6/c1-12-11-17(24-23-12)21-16-9-10-19-18(22-16)20-15-8-4-6-13-5-2-3-7-14(13)15/h2-11H,1H3,(H3,19,20,21,22,23,24). The van der Waals surface area contributed by atoms with Gasteiger partial charge in [0.15, 0.2) is 5.82 Å². The highest BCUT2D eigenvalue weighted by Gasteiger charge is 2.05. The van der Waals surface area contributed by atoms with Crippen molar-refractivity contribution in [2.45, 2.75) is 6.92 Å². The molecule has 0 atom stereocenters. The van der Waals surface area contributed by atoms with Crippen molar-refractivity contribution < 1.29 is 0 Å². The third-order valence-electron chi connectivity index (χ3n) is 3.65. The van der Waals surface area contributed by atoms with Gasteiger partial charge in [0.1, 0.15) is 5.82 Å². The fraction of sp³-hybridized carbons (Fsp3) is 0.0556. The molecule has 0 saturated carbocycles. The predicted molar refractivity (Wildman–Crippen MR) is 95.9 cm³/mol. The van der Waals surface area contributed by atoms with Crippen LogP contribution in [0.4, 0.5) is 23.3 Å². The van der Waals surface area contributed by atoms with Crippen molar-refractivity contribution in [2.24, 2.45) is 0 Å². The molecule has 6 heteroatoms. The summed E-state index contributed by atoms with van der Waals surface area (Å²) in [6.45, 7) is 1.95. The number of benzene rings is 2. The smallest absolute Gasteiger partial charge is 0.229 e. The molecule has 4 rings (SSSR count). The van der Waals surface area contributed by atoms with Crippen molar-refractivity contribution in [1.29, 1.82) is 0 Å². The van der Waals surface area contributed by atoms with Crippen LogP contribution in [0.3, 0.4) is 0 Å². The topological polar surface area (TPSA) is 78.5 Å². The van der Waals surface area contributed by atoms with Crippen LogP contribution in [-0.4, -0.2) is 20.2 Å². The second-order valence-corrected chi connectivity index (χ2v) is 5.48. The van der Waals surface area contributed by atoms with Crippen LogP contribution in [-0.2, 0) is 0 Å². The lowest BCUT2D eigenvalue weighted by molar-refractivity contribution is 1.05. The minimum Gasteiger partial charge on any atom is -0.324 e. The SMILES string of the molecule is Cc1cc(Nc2ccnc(Nc3cccc4ccccc34)n2)n[nH]1. The Hall–Kier alpha value is -3.41. The zero-order chi connectivity index (χ0) is 16.4. The Kier molecular flexibility index (Phi) is 3.55. The maximum absolute atomic E-state index is 4.49. The Labute approximate surface area is 139 Å². The zero-order valence-electron chi connectivity index (χ0n) is 13.1. The predicted octanol–water partition coefficient (Wildman–Crippen LogP) is 4.15. The van der Waals surface area contributed by atoms with Crippen molar-refractivity contribution in [1.82, 2.24) is 20.2 Å². The van der Waals surface area contributed by atoms with Gasteiger partial charge in [-0.1, -0.05) is 36.4 Å². The van der Waals surface area contributed by atoms with E-state index in [9.17, 15) is 0 Å². The summed E-state index contributed by atoms with van der Waals surface area (Å²) in [6, 6.07) is 18.0. The Morgan fingerprint density at radius 1 is 0.917 bits per heavy atom. The number of H-pyrrole nitrogens is 1. The van der Waals surface area contributed by atoms with Crippen LogP contribution in [0.1, 0.15) is 5.69 Å². The van der Waals surface area contributed by atoms with Crippen LogP contribution in [0.2, 0.25) is 0 Å². The first kappa shape index (κ1) is 14.2. The van der Waals surface area contributed by atoms with Gasteiger partial charge in [-0.25, -0.2) is 4.98 Å². The molecule has 2 aromatic heterocycles. The second-order valence-electron chi connectivity index (χ2n) is 5.48. The van der Waals surface area contributed by atoms with E-state index in [0.29, 0.717) is 11.8 Å². The zero-order valence-corrected chi connectivity index (χ0v) is 13.1. The number of nitrogens with zero attached hydrogens (tertiary/aromatic N) is 3. The van der Waals surface area contributed by atoms with E-state index < -0.39 is 0 Å². The molecular formula is C18H16N6. The molecule has 2 aromatic carbocycles. The lowest BCUT2D eigenvalue weighted by Crippen LogP contribution is -2.00. The van der Waals surface area contributed by atoms with E-state index in [2.05, 4.69) is 49.0 Å². The van der Waals surface area contributed by atoms with Gasteiger partial charge in [-0.3, -0.25) is 5.10 Å².